The maximum Gasteiger partial charge on any atom is 0.119 e. The van der Waals surface area contributed by atoms with Crippen LogP contribution in [0.5, 0.6) is 5.75 Å². The van der Waals surface area contributed by atoms with E-state index in [1.54, 1.807) is 0 Å². The average molecular weight is 329 g/mol. The van der Waals surface area contributed by atoms with E-state index in [0.29, 0.717) is 18.1 Å². The number of rotatable bonds is 7. The third-order valence-corrected chi connectivity index (χ3v) is 6.90. The molecule has 24 heavy (non-hydrogen) atoms. The van der Waals surface area contributed by atoms with Gasteiger partial charge in [-0.05, 0) is 86.3 Å². The maximum absolute atomic E-state index is 8.81. The van der Waals surface area contributed by atoms with Gasteiger partial charge in [0.25, 0.3) is 0 Å². The number of aliphatic hydroxyl groups is 1. The average Bonchev–Trinajstić information content (AvgIpc) is 2.57. The summed E-state index contributed by atoms with van der Waals surface area (Å²) >= 11 is 0. The van der Waals surface area contributed by atoms with Gasteiger partial charge in [0.15, 0.2) is 0 Å². The largest absolute Gasteiger partial charge is 0.491 e. The Bertz CT molecular complexity index is 518. The standard InChI is InChI=1S/C21H31NO2/c1-15(21-11-17-8-18(12-21)10-19(9-17)13-21)22-14-16-2-4-20(5-3-16)24-7-6-23/h2-5,15,17-19,22-23H,6-14H2,1H3. The Morgan fingerprint density at radius 2 is 1.67 bits per heavy atom. The van der Waals surface area contributed by atoms with E-state index in [1.807, 2.05) is 12.1 Å². The minimum Gasteiger partial charge on any atom is -0.491 e. The summed E-state index contributed by atoms with van der Waals surface area (Å²) in [6, 6.07) is 8.87. The molecule has 4 fully saturated rings. The minimum absolute atomic E-state index is 0.0614. The quantitative estimate of drug-likeness (QED) is 0.800. The van der Waals surface area contributed by atoms with Gasteiger partial charge in [0.2, 0.25) is 0 Å². The molecular formula is C21H31NO2. The summed E-state index contributed by atoms with van der Waals surface area (Å²) in [4.78, 5) is 0. The van der Waals surface area contributed by atoms with Crippen LogP contribution in [0.25, 0.3) is 0 Å². The van der Waals surface area contributed by atoms with Crippen molar-refractivity contribution in [2.45, 2.75) is 58.0 Å². The number of aliphatic hydroxyl groups excluding tert-OH is 1. The van der Waals surface area contributed by atoms with Crippen LogP contribution in [0.4, 0.5) is 0 Å². The predicted molar refractivity (Wildman–Crippen MR) is 95.9 cm³/mol. The molecule has 0 aliphatic heterocycles. The second-order valence-corrected chi connectivity index (χ2v) is 8.60. The van der Waals surface area contributed by atoms with Crippen molar-refractivity contribution < 1.29 is 9.84 Å². The van der Waals surface area contributed by atoms with Crippen molar-refractivity contribution in [1.82, 2.24) is 5.32 Å². The zero-order chi connectivity index (χ0) is 16.6. The van der Waals surface area contributed by atoms with E-state index >= 15 is 0 Å². The van der Waals surface area contributed by atoms with Crippen molar-refractivity contribution in [3.05, 3.63) is 29.8 Å². The van der Waals surface area contributed by atoms with Gasteiger partial charge in [0.1, 0.15) is 12.4 Å². The lowest BCUT2D eigenvalue weighted by Gasteiger charge is -2.59. The molecule has 0 amide bonds. The van der Waals surface area contributed by atoms with E-state index in [4.69, 9.17) is 9.84 Å². The summed E-state index contributed by atoms with van der Waals surface area (Å²) < 4.78 is 5.43. The molecule has 4 bridgehead atoms. The molecule has 5 rings (SSSR count). The summed E-state index contributed by atoms with van der Waals surface area (Å²) in [5, 5.41) is 12.6. The highest BCUT2D eigenvalue weighted by Crippen LogP contribution is 2.61. The molecule has 3 heteroatoms. The van der Waals surface area contributed by atoms with Crippen molar-refractivity contribution >= 4 is 0 Å². The first-order valence-corrected chi connectivity index (χ1v) is 9.73. The number of benzene rings is 1. The van der Waals surface area contributed by atoms with E-state index in [1.165, 1.54) is 44.1 Å². The van der Waals surface area contributed by atoms with Crippen LogP contribution in [0.2, 0.25) is 0 Å². The Kier molecular flexibility index (Phi) is 4.57. The number of hydrogen-bond donors (Lipinski definition) is 2. The van der Waals surface area contributed by atoms with Crippen LogP contribution in [-0.2, 0) is 6.54 Å². The summed E-state index contributed by atoms with van der Waals surface area (Å²) in [6.45, 7) is 3.78. The summed E-state index contributed by atoms with van der Waals surface area (Å²) in [6.07, 6.45) is 8.92. The lowest BCUT2D eigenvalue weighted by molar-refractivity contribution is -0.0706. The van der Waals surface area contributed by atoms with Gasteiger partial charge in [0, 0.05) is 12.6 Å². The second kappa shape index (κ2) is 6.68. The maximum atomic E-state index is 8.81. The highest BCUT2D eigenvalue weighted by molar-refractivity contribution is 5.27. The number of nitrogens with one attached hydrogen (secondary N) is 1. The van der Waals surface area contributed by atoms with E-state index in [0.717, 1.165) is 30.0 Å². The zero-order valence-electron chi connectivity index (χ0n) is 14.8. The molecule has 3 nitrogen and oxygen atoms in total. The molecule has 1 unspecified atom stereocenters. The molecule has 0 spiro atoms. The fourth-order valence-corrected chi connectivity index (χ4v) is 6.06. The first-order valence-electron chi connectivity index (χ1n) is 9.73. The van der Waals surface area contributed by atoms with Crippen LogP contribution in [-0.4, -0.2) is 24.4 Å². The Morgan fingerprint density at radius 1 is 1.08 bits per heavy atom. The van der Waals surface area contributed by atoms with Gasteiger partial charge in [-0.1, -0.05) is 12.1 Å². The van der Waals surface area contributed by atoms with Crippen LogP contribution in [0.15, 0.2) is 24.3 Å². The topological polar surface area (TPSA) is 41.5 Å². The van der Waals surface area contributed by atoms with Crippen LogP contribution in [0.3, 0.4) is 0 Å². The molecule has 132 valence electrons. The van der Waals surface area contributed by atoms with Gasteiger partial charge < -0.3 is 15.2 Å². The van der Waals surface area contributed by atoms with Gasteiger partial charge >= 0.3 is 0 Å². The third kappa shape index (κ3) is 3.21. The van der Waals surface area contributed by atoms with Crippen molar-refractivity contribution in [3.8, 4) is 5.75 Å². The zero-order valence-corrected chi connectivity index (χ0v) is 14.8. The van der Waals surface area contributed by atoms with Crippen LogP contribution in [0, 0.1) is 23.2 Å². The predicted octanol–water partition coefficient (Wildman–Crippen LogP) is 3.75. The monoisotopic (exact) mass is 329 g/mol. The Balaban J connectivity index is 1.34. The number of hydrogen-bond acceptors (Lipinski definition) is 3. The molecule has 0 aromatic heterocycles. The molecule has 0 saturated heterocycles. The summed E-state index contributed by atoms with van der Waals surface area (Å²) in [7, 11) is 0. The molecule has 0 heterocycles. The van der Waals surface area contributed by atoms with E-state index < -0.39 is 0 Å². The molecule has 1 aromatic rings. The minimum atomic E-state index is 0.0614. The van der Waals surface area contributed by atoms with Crippen molar-refractivity contribution in [3.63, 3.8) is 0 Å². The third-order valence-electron chi connectivity index (χ3n) is 6.90. The van der Waals surface area contributed by atoms with E-state index in [-0.39, 0.29) is 6.61 Å². The number of ether oxygens (including phenoxy) is 1. The fraction of sp³-hybridized carbons (Fsp3) is 0.714. The molecule has 1 aromatic carbocycles. The smallest absolute Gasteiger partial charge is 0.119 e. The molecule has 4 aliphatic carbocycles. The molecule has 1 atom stereocenters. The normalized spacial score (nSPS) is 35.2. The highest BCUT2D eigenvalue weighted by Gasteiger charge is 2.52. The lowest BCUT2D eigenvalue weighted by atomic mass is 9.48. The SMILES string of the molecule is CC(NCc1ccc(OCCO)cc1)C12CC3CC(CC(C3)C1)C2. The van der Waals surface area contributed by atoms with Crippen LogP contribution >= 0.6 is 0 Å². The van der Waals surface area contributed by atoms with Crippen LogP contribution in [0.1, 0.15) is 51.0 Å². The molecule has 4 saturated carbocycles. The molecule has 0 radical (unpaired) electrons. The fourth-order valence-electron chi connectivity index (χ4n) is 6.06. The summed E-state index contributed by atoms with van der Waals surface area (Å²) in [5.74, 6) is 3.89. The lowest BCUT2D eigenvalue weighted by Crippen LogP contribution is -2.54. The van der Waals surface area contributed by atoms with Crippen molar-refractivity contribution in [2.75, 3.05) is 13.2 Å². The highest BCUT2D eigenvalue weighted by atomic mass is 16.5. The van der Waals surface area contributed by atoms with Gasteiger partial charge in [-0.15, -0.1) is 0 Å². The van der Waals surface area contributed by atoms with Crippen molar-refractivity contribution in [2.24, 2.45) is 23.2 Å². The van der Waals surface area contributed by atoms with Gasteiger partial charge in [-0.2, -0.15) is 0 Å². The second-order valence-electron chi connectivity index (χ2n) is 8.60. The van der Waals surface area contributed by atoms with E-state index in [9.17, 15) is 0 Å². The Morgan fingerprint density at radius 3 is 2.21 bits per heavy atom. The molecule has 2 N–H and O–H groups in total. The first kappa shape index (κ1) is 16.4. The first-order chi connectivity index (χ1) is 11.7. The molecule has 4 aliphatic rings. The van der Waals surface area contributed by atoms with E-state index in [2.05, 4.69) is 24.4 Å². The summed E-state index contributed by atoms with van der Waals surface area (Å²) in [5.41, 5.74) is 1.88. The Labute approximate surface area is 145 Å². The van der Waals surface area contributed by atoms with Crippen LogP contribution < -0.4 is 10.1 Å². The molecular weight excluding hydrogens is 298 g/mol. The van der Waals surface area contributed by atoms with Gasteiger partial charge in [0.05, 0.1) is 6.61 Å². The van der Waals surface area contributed by atoms with Gasteiger partial charge in [-0.25, -0.2) is 0 Å². The van der Waals surface area contributed by atoms with Crippen molar-refractivity contribution in [1.29, 1.82) is 0 Å². The van der Waals surface area contributed by atoms with Gasteiger partial charge in [-0.3, -0.25) is 0 Å². The Hall–Kier alpha value is -1.06.